The number of para-hydroxylation sites is 1. The second kappa shape index (κ2) is 9.26. The highest BCUT2D eigenvalue weighted by atomic mass is 35.5. The van der Waals surface area contributed by atoms with Gasteiger partial charge >= 0.3 is 0 Å². The summed E-state index contributed by atoms with van der Waals surface area (Å²) in [5, 5.41) is 3.98. The molecule has 2 aromatic carbocycles. The number of nitrogens with one attached hydrogen (secondary N) is 1. The van der Waals surface area contributed by atoms with Gasteiger partial charge in [-0.25, -0.2) is 4.98 Å². The van der Waals surface area contributed by atoms with E-state index < -0.39 is 0 Å². The molecule has 152 valence electrons. The Kier molecular flexibility index (Phi) is 6.48. The highest BCUT2D eigenvalue weighted by molar-refractivity contribution is 8.26. The maximum Gasteiger partial charge on any atom is 0.266 e. The van der Waals surface area contributed by atoms with Crippen LogP contribution in [0.1, 0.15) is 18.4 Å². The first kappa shape index (κ1) is 21.0. The van der Waals surface area contributed by atoms with Crippen LogP contribution in [0.25, 0.3) is 16.3 Å². The van der Waals surface area contributed by atoms with Gasteiger partial charge in [-0.3, -0.25) is 14.5 Å². The first-order valence-corrected chi connectivity index (χ1v) is 11.6. The summed E-state index contributed by atoms with van der Waals surface area (Å²) >= 11 is 14.2. The lowest BCUT2D eigenvalue weighted by molar-refractivity contribution is -0.122. The van der Waals surface area contributed by atoms with Gasteiger partial charge in [-0.15, -0.1) is 0 Å². The Labute approximate surface area is 192 Å². The van der Waals surface area contributed by atoms with E-state index in [1.54, 1.807) is 12.1 Å². The molecule has 1 N–H and O–H groups in total. The van der Waals surface area contributed by atoms with Crippen LogP contribution in [0.2, 0.25) is 5.02 Å². The number of thioether (sulfide) groups is 1. The largest absolute Gasteiger partial charge is 0.302 e. The fraction of sp³-hybridized carbons (Fsp3) is 0.143. The van der Waals surface area contributed by atoms with Crippen molar-refractivity contribution in [3.05, 3.63) is 64.0 Å². The number of thiocarbonyl (C=S) groups is 1. The van der Waals surface area contributed by atoms with Crippen LogP contribution < -0.4 is 5.32 Å². The van der Waals surface area contributed by atoms with Crippen molar-refractivity contribution < 1.29 is 9.59 Å². The number of hydrogen-bond donors (Lipinski definition) is 1. The third-order valence-electron chi connectivity index (χ3n) is 4.39. The van der Waals surface area contributed by atoms with Crippen molar-refractivity contribution in [2.45, 2.75) is 12.8 Å². The zero-order chi connectivity index (χ0) is 21.1. The molecule has 30 heavy (non-hydrogen) atoms. The molecule has 4 rings (SSSR count). The van der Waals surface area contributed by atoms with Gasteiger partial charge in [0.1, 0.15) is 4.32 Å². The number of anilines is 1. The summed E-state index contributed by atoms with van der Waals surface area (Å²) in [5.74, 6) is -0.289. The summed E-state index contributed by atoms with van der Waals surface area (Å²) in [6.45, 7) is 0.387. The molecule has 0 unspecified atom stereocenters. The van der Waals surface area contributed by atoms with E-state index in [-0.39, 0.29) is 18.2 Å². The summed E-state index contributed by atoms with van der Waals surface area (Å²) in [5.41, 5.74) is 1.63. The van der Waals surface area contributed by atoms with Gasteiger partial charge in [0.2, 0.25) is 5.91 Å². The van der Waals surface area contributed by atoms with Crippen molar-refractivity contribution >= 4 is 84.5 Å². The first-order chi connectivity index (χ1) is 14.5. The van der Waals surface area contributed by atoms with Crippen LogP contribution in [0.4, 0.5) is 5.13 Å². The minimum absolute atomic E-state index is 0.133. The smallest absolute Gasteiger partial charge is 0.266 e. The second-order valence-electron chi connectivity index (χ2n) is 6.49. The van der Waals surface area contributed by atoms with Crippen molar-refractivity contribution in [3.63, 3.8) is 0 Å². The first-order valence-electron chi connectivity index (χ1n) is 9.16. The second-order valence-corrected chi connectivity index (χ2v) is 9.61. The molecule has 3 aromatic rings. The Balaban J connectivity index is 1.32. The standard InChI is InChI=1S/C21H16ClN3O2S3/c22-14-7-2-1-6-13(14)12-17-19(27)25(21(28)30-17)11-5-10-18(26)24-20-23-15-8-3-4-9-16(15)29-20/h1-4,6-9,12H,5,10-11H2,(H,23,24,26). The number of carbonyl (C=O) groups excluding carboxylic acids is 2. The number of thiazole rings is 1. The number of carbonyl (C=O) groups is 2. The highest BCUT2D eigenvalue weighted by Gasteiger charge is 2.31. The molecule has 0 spiro atoms. The lowest BCUT2D eigenvalue weighted by atomic mass is 10.2. The SMILES string of the molecule is O=C(CCCN1C(=O)C(=Cc2ccccc2Cl)SC1=S)Nc1nc2ccccc2s1. The molecule has 1 aliphatic rings. The van der Waals surface area contributed by atoms with E-state index in [1.807, 2.05) is 42.5 Å². The molecule has 0 saturated carbocycles. The van der Waals surface area contributed by atoms with Gasteiger partial charge in [0.25, 0.3) is 5.91 Å². The third-order valence-corrected chi connectivity index (χ3v) is 7.07. The molecule has 1 aromatic heterocycles. The fourth-order valence-electron chi connectivity index (χ4n) is 2.93. The number of benzene rings is 2. The van der Waals surface area contributed by atoms with Gasteiger partial charge in [-0.05, 0) is 36.3 Å². The van der Waals surface area contributed by atoms with Crippen molar-refractivity contribution in [2.75, 3.05) is 11.9 Å². The number of halogens is 1. The predicted molar refractivity (Wildman–Crippen MR) is 129 cm³/mol. The Morgan fingerprint density at radius 1 is 1.20 bits per heavy atom. The Morgan fingerprint density at radius 3 is 2.77 bits per heavy atom. The maximum absolute atomic E-state index is 12.7. The number of rotatable bonds is 6. The van der Waals surface area contributed by atoms with Gasteiger partial charge in [-0.1, -0.05) is 77.2 Å². The van der Waals surface area contributed by atoms with E-state index >= 15 is 0 Å². The van der Waals surface area contributed by atoms with E-state index in [0.717, 1.165) is 15.8 Å². The zero-order valence-corrected chi connectivity index (χ0v) is 18.8. The lowest BCUT2D eigenvalue weighted by Gasteiger charge is -2.13. The van der Waals surface area contributed by atoms with Crippen molar-refractivity contribution in [2.24, 2.45) is 0 Å². The normalized spacial score (nSPS) is 15.4. The summed E-state index contributed by atoms with van der Waals surface area (Å²) in [4.78, 5) is 31.4. The van der Waals surface area contributed by atoms with Crippen LogP contribution in [0.3, 0.4) is 0 Å². The van der Waals surface area contributed by atoms with Crippen molar-refractivity contribution in [3.8, 4) is 0 Å². The Morgan fingerprint density at radius 2 is 1.97 bits per heavy atom. The van der Waals surface area contributed by atoms with E-state index in [2.05, 4.69) is 10.3 Å². The fourth-order valence-corrected chi connectivity index (χ4v) is 5.30. The summed E-state index contributed by atoms with van der Waals surface area (Å²) in [6, 6.07) is 15.1. The number of hydrogen-bond acceptors (Lipinski definition) is 6. The number of amides is 2. The maximum atomic E-state index is 12.7. The van der Waals surface area contributed by atoms with Gasteiger partial charge in [0.15, 0.2) is 5.13 Å². The minimum atomic E-state index is -0.156. The van der Waals surface area contributed by atoms with Gasteiger partial charge in [0, 0.05) is 18.0 Å². The molecule has 2 amide bonds. The summed E-state index contributed by atoms with van der Waals surface area (Å²) in [7, 11) is 0. The lowest BCUT2D eigenvalue weighted by Crippen LogP contribution is -2.29. The van der Waals surface area contributed by atoms with Crippen molar-refractivity contribution in [1.29, 1.82) is 0 Å². The molecule has 0 bridgehead atoms. The van der Waals surface area contributed by atoms with Crippen LogP contribution in [0.15, 0.2) is 53.4 Å². The molecule has 5 nitrogen and oxygen atoms in total. The molecule has 1 aliphatic heterocycles. The molecular weight excluding hydrogens is 458 g/mol. The van der Waals surface area contributed by atoms with E-state index in [1.165, 1.54) is 28.0 Å². The molecule has 0 aliphatic carbocycles. The monoisotopic (exact) mass is 473 g/mol. The number of nitrogens with zero attached hydrogens (tertiary/aromatic N) is 2. The third kappa shape index (κ3) is 4.73. The van der Waals surface area contributed by atoms with E-state index in [4.69, 9.17) is 23.8 Å². The van der Waals surface area contributed by atoms with E-state index in [9.17, 15) is 9.59 Å². The van der Waals surface area contributed by atoms with Crippen LogP contribution in [-0.2, 0) is 9.59 Å². The van der Waals surface area contributed by atoms with Gasteiger partial charge in [-0.2, -0.15) is 0 Å². The summed E-state index contributed by atoms with van der Waals surface area (Å²) < 4.78 is 1.51. The van der Waals surface area contributed by atoms with Crippen LogP contribution >= 0.6 is 46.9 Å². The van der Waals surface area contributed by atoms with E-state index in [0.29, 0.717) is 32.3 Å². The zero-order valence-electron chi connectivity index (χ0n) is 15.6. The summed E-state index contributed by atoms with van der Waals surface area (Å²) in [6.07, 6.45) is 2.53. The van der Waals surface area contributed by atoms with Gasteiger partial charge < -0.3 is 5.32 Å². The average molecular weight is 474 g/mol. The molecule has 1 fully saturated rings. The molecular formula is C21H16ClN3O2S3. The highest BCUT2D eigenvalue weighted by Crippen LogP contribution is 2.34. The van der Waals surface area contributed by atoms with Crippen LogP contribution in [0, 0.1) is 0 Å². The van der Waals surface area contributed by atoms with Gasteiger partial charge in [0.05, 0.1) is 15.1 Å². The minimum Gasteiger partial charge on any atom is -0.302 e. The Bertz CT molecular complexity index is 1140. The average Bonchev–Trinajstić information content (AvgIpc) is 3.24. The number of fused-ring (bicyclic) bond motifs is 1. The topological polar surface area (TPSA) is 62.3 Å². The van der Waals surface area contributed by atoms with Crippen molar-refractivity contribution in [1.82, 2.24) is 9.88 Å². The molecule has 2 heterocycles. The molecule has 1 saturated heterocycles. The molecule has 0 atom stereocenters. The van der Waals surface area contributed by atoms with Crippen LogP contribution in [-0.4, -0.2) is 32.6 Å². The quantitative estimate of drug-likeness (QED) is 0.374. The Hall–Kier alpha value is -2.26. The molecule has 9 heteroatoms. The molecule has 0 radical (unpaired) electrons. The predicted octanol–water partition coefficient (Wildman–Crippen LogP) is 5.57. The number of aromatic nitrogens is 1. The van der Waals surface area contributed by atoms with Crippen LogP contribution in [0.5, 0.6) is 0 Å².